The summed E-state index contributed by atoms with van der Waals surface area (Å²) in [6.07, 6.45) is 0.400. The topological polar surface area (TPSA) is 54.9 Å². The second kappa shape index (κ2) is 8.83. The maximum Gasteiger partial charge on any atom is 0.225 e. The van der Waals surface area contributed by atoms with Crippen LogP contribution in [-0.4, -0.2) is 21.6 Å². The van der Waals surface area contributed by atoms with Gasteiger partial charge in [0.05, 0.1) is 5.69 Å². The molecule has 0 fully saturated rings. The van der Waals surface area contributed by atoms with Crippen LogP contribution in [0.15, 0.2) is 65.7 Å². The normalized spacial score (nSPS) is 10.5. The Bertz CT molecular complexity index is 885. The molecule has 0 radical (unpaired) electrons. The van der Waals surface area contributed by atoms with Gasteiger partial charge in [0.15, 0.2) is 0 Å². The third-order valence-corrected chi connectivity index (χ3v) is 4.76. The van der Waals surface area contributed by atoms with Gasteiger partial charge < -0.3 is 5.32 Å². The molecule has 3 rings (SSSR count). The van der Waals surface area contributed by atoms with Crippen LogP contribution in [0.1, 0.15) is 12.2 Å². The molecule has 0 unspecified atom stereocenters. The summed E-state index contributed by atoms with van der Waals surface area (Å²) in [4.78, 5) is 21.0. The molecule has 1 aromatic heterocycles. The van der Waals surface area contributed by atoms with Crippen molar-refractivity contribution in [3.8, 4) is 11.3 Å². The van der Waals surface area contributed by atoms with E-state index in [0.717, 1.165) is 27.8 Å². The van der Waals surface area contributed by atoms with Gasteiger partial charge in [0, 0.05) is 28.4 Å². The lowest BCUT2D eigenvalue weighted by Crippen LogP contribution is -2.12. The molecule has 0 saturated heterocycles. The highest BCUT2D eigenvalue weighted by Gasteiger charge is 2.07. The second-order valence-corrected chi connectivity index (χ2v) is 7.21. The summed E-state index contributed by atoms with van der Waals surface area (Å²) in [5.74, 6) is 1.33. The highest BCUT2D eigenvalue weighted by Crippen LogP contribution is 2.23. The van der Waals surface area contributed by atoms with Crippen LogP contribution >= 0.6 is 23.4 Å². The number of benzene rings is 2. The average molecular weight is 384 g/mol. The fraction of sp³-hybridized carbons (Fsp3) is 0.150. The molecule has 1 heterocycles. The number of anilines is 1. The number of carbonyl (C=O) groups is 1. The first kappa shape index (κ1) is 18.4. The van der Waals surface area contributed by atoms with Gasteiger partial charge in [-0.1, -0.05) is 41.9 Å². The van der Waals surface area contributed by atoms with Gasteiger partial charge in [-0.2, -0.15) is 0 Å². The SMILES string of the molecule is Cc1nc(SCCC(=O)Nc2ccc(Cl)cc2)cc(-c2ccccc2)n1. The van der Waals surface area contributed by atoms with E-state index < -0.39 is 0 Å². The standard InChI is InChI=1S/C20H18ClN3OS/c1-14-22-18(15-5-3-2-4-6-15)13-20(23-14)26-12-11-19(25)24-17-9-7-16(21)8-10-17/h2-10,13H,11-12H2,1H3,(H,24,25). The number of hydrogen-bond donors (Lipinski definition) is 1. The van der Waals surface area contributed by atoms with E-state index in [2.05, 4.69) is 15.3 Å². The van der Waals surface area contributed by atoms with Gasteiger partial charge in [0.2, 0.25) is 5.91 Å². The molecule has 6 heteroatoms. The molecular formula is C20H18ClN3OS. The number of carbonyl (C=O) groups excluding carboxylic acids is 1. The van der Waals surface area contributed by atoms with Crippen LogP contribution in [-0.2, 0) is 4.79 Å². The van der Waals surface area contributed by atoms with E-state index in [0.29, 0.717) is 17.2 Å². The van der Waals surface area contributed by atoms with E-state index >= 15 is 0 Å². The van der Waals surface area contributed by atoms with Gasteiger partial charge in [0.1, 0.15) is 10.9 Å². The summed E-state index contributed by atoms with van der Waals surface area (Å²) < 4.78 is 0. The molecule has 4 nitrogen and oxygen atoms in total. The fourth-order valence-electron chi connectivity index (χ4n) is 2.38. The van der Waals surface area contributed by atoms with Crippen molar-refractivity contribution in [1.82, 2.24) is 9.97 Å². The van der Waals surface area contributed by atoms with E-state index in [-0.39, 0.29) is 5.91 Å². The number of halogens is 1. The number of aromatic nitrogens is 2. The summed E-state index contributed by atoms with van der Waals surface area (Å²) >= 11 is 7.39. The smallest absolute Gasteiger partial charge is 0.225 e. The molecule has 0 bridgehead atoms. The Morgan fingerprint density at radius 2 is 1.81 bits per heavy atom. The third kappa shape index (κ3) is 5.31. The monoisotopic (exact) mass is 383 g/mol. The average Bonchev–Trinajstić information content (AvgIpc) is 2.64. The lowest BCUT2D eigenvalue weighted by Gasteiger charge is -2.07. The van der Waals surface area contributed by atoms with Crippen molar-refractivity contribution in [3.05, 3.63) is 71.5 Å². The summed E-state index contributed by atoms with van der Waals surface area (Å²) in [5, 5.41) is 4.38. The number of hydrogen-bond acceptors (Lipinski definition) is 4. The number of nitrogens with zero attached hydrogens (tertiary/aromatic N) is 2. The molecule has 0 saturated carbocycles. The van der Waals surface area contributed by atoms with Crippen LogP contribution in [0.25, 0.3) is 11.3 Å². The van der Waals surface area contributed by atoms with Gasteiger partial charge in [-0.15, -0.1) is 11.8 Å². The van der Waals surface area contributed by atoms with Crippen LogP contribution in [0.3, 0.4) is 0 Å². The minimum absolute atomic E-state index is 0.0334. The first-order chi connectivity index (χ1) is 12.6. The number of thioether (sulfide) groups is 1. The highest BCUT2D eigenvalue weighted by molar-refractivity contribution is 7.99. The summed E-state index contributed by atoms with van der Waals surface area (Å²) in [7, 11) is 0. The predicted molar refractivity (Wildman–Crippen MR) is 108 cm³/mol. The first-order valence-electron chi connectivity index (χ1n) is 8.19. The van der Waals surface area contributed by atoms with Gasteiger partial charge in [-0.25, -0.2) is 9.97 Å². The molecule has 0 atom stereocenters. The Morgan fingerprint density at radius 3 is 2.54 bits per heavy atom. The minimum atomic E-state index is -0.0334. The van der Waals surface area contributed by atoms with Crippen molar-refractivity contribution in [3.63, 3.8) is 0 Å². The first-order valence-corrected chi connectivity index (χ1v) is 9.56. The summed E-state index contributed by atoms with van der Waals surface area (Å²) in [6.45, 7) is 1.88. The molecule has 3 aromatic rings. The van der Waals surface area contributed by atoms with Gasteiger partial charge >= 0.3 is 0 Å². The van der Waals surface area contributed by atoms with Gasteiger partial charge in [0.25, 0.3) is 0 Å². The lowest BCUT2D eigenvalue weighted by molar-refractivity contribution is -0.115. The van der Waals surface area contributed by atoms with Crippen molar-refractivity contribution in [1.29, 1.82) is 0 Å². The second-order valence-electron chi connectivity index (χ2n) is 5.66. The molecule has 0 aliphatic heterocycles. The predicted octanol–water partition coefficient (Wildman–Crippen LogP) is 5.23. The maximum atomic E-state index is 12.1. The van der Waals surface area contributed by atoms with E-state index in [1.807, 2.05) is 43.3 Å². The number of aryl methyl sites for hydroxylation is 1. The zero-order valence-corrected chi connectivity index (χ0v) is 15.8. The highest BCUT2D eigenvalue weighted by atomic mass is 35.5. The maximum absolute atomic E-state index is 12.1. The molecule has 0 aliphatic rings. The van der Waals surface area contributed by atoms with Crippen molar-refractivity contribution < 1.29 is 4.79 Å². The van der Waals surface area contributed by atoms with Crippen LogP contribution in [0.4, 0.5) is 5.69 Å². The molecule has 2 aromatic carbocycles. The zero-order chi connectivity index (χ0) is 18.4. The molecule has 1 amide bonds. The van der Waals surface area contributed by atoms with Crippen LogP contribution in [0.5, 0.6) is 0 Å². The Labute approximate surface area is 162 Å². The van der Waals surface area contributed by atoms with Crippen LogP contribution in [0.2, 0.25) is 5.02 Å². The summed E-state index contributed by atoms with van der Waals surface area (Å²) in [6, 6.07) is 19.0. The van der Waals surface area contributed by atoms with E-state index in [1.165, 1.54) is 0 Å². The Balaban J connectivity index is 1.57. The largest absolute Gasteiger partial charge is 0.326 e. The van der Waals surface area contributed by atoms with Crippen molar-refractivity contribution in [2.45, 2.75) is 18.4 Å². The van der Waals surface area contributed by atoms with Crippen molar-refractivity contribution >= 4 is 35.0 Å². The van der Waals surface area contributed by atoms with E-state index in [1.54, 1.807) is 36.0 Å². The lowest BCUT2D eigenvalue weighted by atomic mass is 10.1. The molecule has 1 N–H and O–H groups in total. The number of amides is 1. The summed E-state index contributed by atoms with van der Waals surface area (Å²) in [5.41, 5.74) is 2.69. The number of nitrogens with one attached hydrogen (secondary N) is 1. The molecular weight excluding hydrogens is 366 g/mol. The Hall–Kier alpha value is -2.37. The van der Waals surface area contributed by atoms with E-state index in [9.17, 15) is 4.79 Å². The zero-order valence-electron chi connectivity index (χ0n) is 14.3. The molecule has 26 heavy (non-hydrogen) atoms. The van der Waals surface area contributed by atoms with Gasteiger partial charge in [-0.05, 0) is 37.3 Å². The van der Waals surface area contributed by atoms with Crippen LogP contribution in [0, 0.1) is 6.92 Å². The molecule has 0 aliphatic carbocycles. The Kier molecular flexibility index (Phi) is 6.26. The molecule has 0 spiro atoms. The van der Waals surface area contributed by atoms with E-state index in [4.69, 9.17) is 11.6 Å². The molecule has 132 valence electrons. The fourth-order valence-corrected chi connectivity index (χ4v) is 3.39. The quantitative estimate of drug-likeness (QED) is 0.468. The Morgan fingerprint density at radius 1 is 1.08 bits per heavy atom. The van der Waals surface area contributed by atoms with Crippen molar-refractivity contribution in [2.24, 2.45) is 0 Å². The minimum Gasteiger partial charge on any atom is -0.326 e. The number of rotatable bonds is 6. The third-order valence-electron chi connectivity index (χ3n) is 3.59. The van der Waals surface area contributed by atoms with Crippen LogP contribution < -0.4 is 5.32 Å². The van der Waals surface area contributed by atoms with Crippen molar-refractivity contribution in [2.75, 3.05) is 11.1 Å². The van der Waals surface area contributed by atoms with Gasteiger partial charge in [-0.3, -0.25) is 4.79 Å².